The van der Waals surface area contributed by atoms with Gasteiger partial charge in [0.05, 0.1) is 30.6 Å². The fourth-order valence-electron chi connectivity index (χ4n) is 2.89. The van der Waals surface area contributed by atoms with Crippen molar-refractivity contribution in [1.82, 2.24) is 9.88 Å². The van der Waals surface area contributed by atoms with Crippen molar-refractivity contribution in [3.8, 4) is 5.75 Å². The van der Waals surface area contributed by atoms with Gasteiger partial charge in [-0.25, -0.2) is 0 Å². The second kappa shape index (κ2) is 9.98. The molecule has 0 spiro atoms. The molecule has 1 heterocycles. The van der Waals surface area contributed by atoms with Crippen LogP contribution in [0.15, 0.2) is 66.9 Å². The highest BCUT2D eigenvalue weighted by Gasteiger charge is 2.34. The lowest BCUT2D eigenvalue weighted by Gasteiger charge is -2.27. The summed E-state index contributed by atoms with van der Waals surface area (Å²) < 4.78 is 45.6. The lowest BCUT2D eigenvalue weighted by atomic mass is 10.1. The number of ether oxygens (including phenoxy) is 1. The van der Waals surface area contributed by atoms with Gasteiger partial charge >= 0.3 is 6.18 Å². The first-order chi connectivity index (χ1) is 14.8. The Labute approximate surface area is 188 Å². The molecule has 0 fully saturated rings. The summed E-state index contributed by atoms with van der Waals surface area (Å²) in [5.41, 5.74) is 0.590. The van der Waals surface area contributed by atoms with Gasteiger partial charge in [-0.1, -0.05) is 29.8 Å². The van der Waals surface area contributed by atoms with E-state index in [1.165, 1.54) is 12.1 Å². The lowest BCUT2D eigenvalue weighted by molar-refractivity contribution is -0.136. The van der Waals surface area contributed by atoms with Crippen molar-refractivity contribution in [1.29, 1.82) is 0 Å². The number of hydrogen-bond donors (Lipinski definition) is 1. The molecule has 0 aliphatic rings. The number of nitrogens with one attached hydrogen (secondary N) is 1. The van der Waals surface area contributed by atoms with E-state index in [2.05, 4.69) is 10.3 Å². The molecule has 0 bridgehead atoms. The number of pyridine rings is 1. The van der Waals surface area contributed by atoms with Crippen LogP contribution >= 0.6 is 23.8 Å². The van der Waals surface area contributed by atoms with Crippen LogP contribution in [0.5, 0.6) is 5.75 Å². The Hall–Kier alpha value is -2.84. The molecule has 0 unspecified atom stereocenters. The van der Waals surface area contributed by atoms with Crippen LogP contribution in [-0.4, -0.2) is 22.1 Å². The highest BCUT2D eigenvalue weighted by Crippen LogP contribution is 2.36. The summed E-state index contributed by atoms with van der Waals surface area (Å²) in [7, 11) is 1.58. The van der Waals surface area contributed by atoms with E-state index in [0.29, 0.717) is 18.8 Å². The van der Waals surface area contributed by atoms with E-state index in [9.17, 15) is 13.2 Å². The van der Waals surface area contributed by atoms with Gasteiger partial charge in [0, 0.05) is 17.8 Å². The number of methoxy groups -OCH3 is 1. The summed E-state index contributed by atoms with van der Waals surface area (Å²) in [5, 5.41) is 2.86. The number of aromatic nitrogens is 1. The second-order valence-electron chi connectivity index (χ2n) is 6.64. The topological polar surface area (TPSA) is 37.4 Å². The third kappa shape index (κ3) is 6.32. The van der Waals surface area contributed by atoms with Gasteiger partial charge in [-0.15, -0.1) is 0 Å². The van der Waals surface area contributed by atoms with Gasteiger partial charge in [0.2, 0.25) is 0 Å². The van der Waals surface area contributed by atoms with E-state index in [1.807, 2.05) is 36.4 Å². The summed E-state index contributed by atoms with van der Waals surface area (Å²) >= 11 is 11.3. The van der Waals surface area contributed by atoms with Crippen LogP contribution < -0.4 is 10.1 Å². The number of nitrogens with zero attached hydrogens (tertiary/aromatic N) is 2. The van der Waals surface area contributed by atoms with Crippen LogP contribution in [0.3, 0.4) is 0 Å². The summed E-state index contributed by atoms with van der Waals surface area (Å²) in [6.45, 7) is 0.676. The molecule has 3 rings (SSSR count). The molecule has 4 nitrogen and oxygen atoms in total. The SMILES string of the molecule is COc1ccc(CN(Cc2ccccn2)C(=S)Nc2ccc(Cl)cc2C(F)(F)F)cc1. The van der Waals surface area contributed by atoms with Gasteiger partial charge in [0.1, 0.15) is 5.75 Å². The minimum Gasteiger partial charge on any atom is -0.497 e. The number of halogens is 4. The predicted molar refractivity (Wildman–Crippen MR) is 119 cm³/mol. The van der Waals surface area contributed by atoms with Crippen LogP contribution in [0, 0.1) is 0 Å². The zero-order valence-electron chi connectivity index (χ0n) is 16.5. The van der Waals surface area contributed by atoms with E-state index in [1.54, 1.807) is 24.3 Å². The van der Waals surface area contributed by atoms with Crippen LogP contribution in [0.4, 0.5) is 18.9 Å². The standard InChI is InChI=1S/C22H19ClF3N3OS/c1-30-18-8-5-15(6-9-18)13-29(14-17-4-2-3-11-27-17)21(31)28-20-10-7-16(23)12-19(20)22(24,25)26/h2-12H,13-14H2,1H3,(H,28,31). The molecule has 1 aromatic heterocycles. The van der Waals surface area contributed by atoms with E-state index < -0.39 is 11.7 Å². The van der Waals surface area contributed by atoms with Crippen molar-refractivity contribution in [3.63, 3.8) is 0 Å². The van der Waals surface area contributed by atoms with Crippen LogP contribution in [0.2, 0.25) is 5.02 Å². The van der Waals surface area contributed by atoms with Crippen LogP contribution in [0.1, 0.15) is 16.8 Å². The average Bonchev–Trinajstić information content (AvgIpc) is 2.75. The zero-order valence-corrected chi connectivity index (χ0v) is 18.1. The Morgan fingerprint density at radius 1 is 1.10 bits per heavy atom. The van der Waals surface area contributed by atoms with Crippen LogP contribution in [-0.2, 0) is 19.3 Å². The average molecular weight is 466 g/mol. The van der Waals surface area contributed by atoms with Gasteiger partial charge in [-0.3, -0.25) is 4.98 Å². The first kappa shape index (κ1) is 22.8. The van der Waals surface area contributed by atoms with Crippen molar-refractivity contribution < 1.29 is 17.9 Å². The second-order valence-corrected chi connectivity index (χ2v) is 7.47. The van der Waals surface area contributed by atoms with Crippen molar-refractivity contribution >= 4 is 34.6 Å². The molecule has 0 amide bonds. The normalized spacial score (nSPS) is 11.1. The molecule has 162 valence electrons. The Bertz CT molecular complexity index is 1030. The monoisotopic (exact) mass is 465 g/mol. The Kier molecular flexibility index (Phi) is 7.35. The highest BCUT2D eigenvalue weighted by atomic mass is 35.5. The maximum Gasteiger partial charge on any atom is 0.418 e. The van der Waals surface area contributed by atoms with Crippen molar-refractivity contribution in [3.05, 3.63) is 88.7 Å². The molecule has 0 saturated heterocycles. The quantitative estimate of drug-likeness (QED) is 0.441. The molecule has 31 heavy (non-hydrogen) atoms. The van der Waals surface area contributed by atoms with Crippen molar-refractivity contribution in [2.24, 2.45) is 0 Å². The van der Waals surface area contributed by atoms with Crippen molar-refractivity contribution in [2.75, 3.05) is 12.4 Å². The van der Waals surface area contributed by atoms with Gasteiger partial charge in [0.25, 0.3) is 0 Å². The van der Waals surface area contributed by atoms with E-state index >= 15 is 0 Å². The largest absolute Gasteiger partial charge is 0.497 e. The molecule has 0 aliphatic carbocycles. The Morgan fingerprint density at radius 2 is 1.84 bits per heavy atom. The van der Waals surface area contributed by atoms with E-state index in [0.717, 1.165) is 17.3 Å². The Morgan fingerprint density at radius 3 is 2.45 bits per heavy atom. The smallest absolute Gasteiger partial charge is 0.418 e. The fraction of sp³-hybridized carbons (Fsp3) is 0.182. The number of benzene rings is 2. The van der Waals surface area contributed by atoms with Gasteiger partial charge < -0.3 is 15.0 Å². The van der Waals surface area contributed by atoms with Gasteiger partial charge in [0.15, 0.2) is 5.11 Å². The first-order valence-corrected chi connectivity index (χ1v) is 10.0. The Balaban J connectivity index is 1.87. The zero-order chi connectivity index (χ0) is 22.4. The number of thiocarbonyl (C=S) groups is 1. The number of hydrogen-bond acceptors (Lipinski definition) is 3. The molecule has 1 N–H and O–H groups in total. The molecular weight excluding hydrogens is 447 g/mol. The number of anilines is 1. The third-order valence-corrected chi connectivity index (χ3v) is 5.02. The maximum atomic E-state index is 13.5. The number of alkyl halides is 3. The maximum absolute atomic E-state index is 13.5. The summed E-state index contributed by atoms with van der Waals surface area (Å²) in [6, 6.07) is 16.3. The third-order valence-electron chi connectivity index (χ3n) is 4.43. The van der Waals surface area contributed by atoms with Gasteiger partial charge in [-0.2, -0.15) is 13.2 Å². The summed E-state index contributed by atoms with van der Waals surface area (Å²) in [5.74, 6) is 0.705. The van der Waals surface area contributed by atoms with E-state index in [-0.39, 0.29) is 15.8 Å². The molecule has 0 radical (unpaired) electrons. The van der Waals surface area contributed by atoms with Crippen molar-refractivity contribution in [2.45, 2.75) is 19.3 Å². The summed E-state index contributed by atoms with van der Waals surface area (Å²) in [6.07, 6.45) is -2.93. The molecule has 0 saturated carbocycles. The van der Waals surface area contributed by atoms with Gasteiger partial charge in [-0.05, 0) is 60.2 Å². The first-order valence-electron chi connectivity index (χ1n) is 9.22. The lowest BCUT2D eigenvalue weighted by Crippen LogP contribution is -2.34. The molecule has 0 atom stereocenters. The molecule has 9 heteroatoms. The molecular formula is C22H19ClF3N3OS. The highest BCUT2D eigenvalue weighted by molar-refractivity contribution is 7.80. The molecule has 2 aromatic carbocycles. The molecule has 3 aromatic rings. The van der Waals surface area contributed by atoms with Crippen LogP contribution in [0.25, 0.3) is 0 Å². The molecule has 0 aliphatic heterocycles. The predicted octanol–water partition coefficient (Wildman–Crippen LogP) is 6.16. The minimum atomic E-state index is -4.58. The minimum absolute atomic E-state index is 0.00707. The summed E-state index contributed by atoms with van der Waals surface area (Å²) in [4.78, 5) is 6.04. The fourth-order valence-corrected chi connectivity index (χ4v) is 3.30. The number of rotatable bonds is 6. The van der Waals surface area contributed by atoms with E-state index in [4.69, 9.17) is 28.6 Å².